The van der Waals surface area contributed by atoms with Gasteiger partial charge in [-0.1, -0.05) is 36.4 Å². The Hall–Kier alpha value is -2.48. The number of aromatic nitrogens is 2. The first-order chi connectivity index (χ1) is 8.93. The van der Waals surface area contributed by atoms with Gasteiger partial charge in [0, 0.05) is 24.8 Å². The zero-order valence-electron chi connectivity index (χ0n) is 9.82. The van der Waals surface area contributed by atoms with Crippen molar-refractivity contribution in [1.29, 1.82) is 0 Å². The molecule has 0 spiro atoms. The van der Waals surface area contributed by atoms with E-state index in [2.05, 4.69) is 46.4 Å². The fourth-order valence-electron chi connectivity index (χ4n) is 1.92. The van der Waals surface area contributed by atoms with E-state index in [1.165, 1.54) is 11.1 Å². The van der Waals surface area contributed by atoms with Crippen LogP contribution in [0.4, 0.5) is 0 Å². The molecular weight excluding hydrogens is 220 g/mol. The summed E-state index contributed by atoms with van der Waals surface area (Å²) < 4.78 is 0. The number of pyridine rings is 2. The van der Waals surface area contributed by atoms with Gasteiger partial charge in [-0.3, -0.25) is 9.97 Å². The lowest BCUT2D eigenvalue weighted by Gasteiger charge is -2.04. The maximum absolute atomic E-state index is 4.13. The lowest BCUT2D eigenvalue weighted by molar-refractivity contribution is 1.32. The molecule has 0 atom stereocenters. The third-order valence-electron chi connectivity index (χ3n) is 2.87. The van der Waals surface area contributed by atoms with Crippen molar-refractivity contribution < 1.29 is 0 Å². The highest BCUT2D eigenvalue weighted by Gasteiger charge is 1.99. The normalized spacial score (nSPS) is 10.2. The van der Waals surface area contributed by atoms with Crippen LogP contribution in [0.1, 0.15) is 0 Å². The minimum absolute atomic E-state index is 1.13. The fourth-order valence-corrected chi connectivity index (χ4v) is 1.92. The molecule has 3 aromatic rings. The van der Waals surface area contributed by atoms with Gasteiger partial charge >= 0.3 is 0 Å². The number of hydrogen-bond acceptors (Lipinski definition) is 2. The molecule has 0 aliphatic carbocycles. The van der Waals surface area contributed by atoms with Gasteiger partial charge in [-0.2, -0.15) is 0 Å². The molecule has 86 valence electrons. The molecule has 0 radical (unpaired) electrons. The van der Waals surface area contributed by atoms with Crippen LogP contribution < -0.4 is 0 Å². The van der Waals surface area contributed by atoms with E-state index in [-0.39, 0.29) is 0 Å². The first-order valence-corrected chi connectivity index (χ1v) is 5.84. The van der Waals surface area contributed by atoms with Crippen molar-refractivity contribution in [2.45, 2.75) is 0 Å². The Morgan fingerprint density at radius 2 is 0.944 bits per heavy atom. The van der Waals surface area contributed by atoms with Gasteiger partial charge in [-0.15, -0.1) is 0 Å². The number of rotatable bonds is 2. The molecule has 0 unspecified atom stereocenters. The summed E-state index contributed by atoms with van der Waals surface area (Å²) in [4.78, 5) is 8.26. The second-order valence-electron chi connectivity index (χ2n) is 4.06. The van der Waals surface area contributed by atoms with Gasteiger partial charge in [0.15, 0.2) is 0 Å². The summed E-state index contributed by atoms with van der Waals surface area (Å²) in [6.45, 7) is 0. The molecule has 0 aliphatic heterocycles. The van der Waals surface area contributed by atoms with Gasteiger partial charge < -0.3 is 0 Å². The third kappa shape index (κ3) is 2.13. The SMILES string of the molecule is c1cncc(-c2ccc(-c3cccnc3)cc2)c1. The van der Waals surface area contributed by atoms with Crippen molar-refractivity contribution in [2.24, 2.45) is 0 Å². The summed E-state index contributed by atoms with van der Waals surface area (Å²) in [5.41, 5.74) is 4.62. The zero-order valence-corrected chi connectivity index (χ0v) is 9.82. The standard InChI is InChI=1S/C16H12N2/c1-3-15(11-17-9-1)13-5-7-14(8-6-13)16-4-2-10-18-12-16/h1-12H. The Bertz CT molecular complexity index is 558. The van der Waals surface area contributed by atoms with Crippen LogP contribution in [0.3, 0.4) is 0 Å². The molecule has 2 aromatic heterocycles. The monoisotopic (exact) mass is 232 g/mol. The molecule has 2 nitrogen and oxygen atoms in total. The Morgan fingerprint density at radius 3 is 1.28 bits per heavy atom. The van der Waals surface area contributed by atoms with E-state index in [0.717, 1.165) is 11.1 Å². The second-order valence-corrected chi connectivity index (χ2v) is 4.06. The molecule has 1 aromatic carbocycles. The van der Waals surface area contributed by atoms with E-state index in [1.807, 2.05) is 24.5 Å². The van der Waals surface area contributed by atoms with Crippen molar-refractivity contribution in [3.63, 3.8) is 0 Å². The Kier molecular flexibility index (Phi) is 2.84. The van der Waals surface area contributed by atoms with Crippen molar-refractivity contribution in [3.05, 3.63) is 73.3 Å². The molecule has 18 heavy (non-hydrogen) atoms. The van der Waals surface area contributed by atoms with Crippen molar-refractivity contribution in [2.75, 3.05) is 0 Å². The van der Waals surface area contributed by atoms with Crippen LogP contribution in [-0.2, 0) is 0 Å². The molecule has 2 heterocycles. The summed E-state index contributed by atoms with van der Waals surface area (Å²) in [7, 11) is 0. The minimum atomic E-state index is 1.13. The lowest BCUT2D eigenvalue weighted by Crippen LogP contribution is -1.81. The predicted octanol–water partition coefficient (Wildman–Crippen LogP) is 3.81. The summed E-state index contributed by atoms with van der Waals surface area (Å²) >= 11 is 0. The highest BCUT2D eigenvalue weighted by molar-refractivity contribution is 5.69. The van der Waals surface area contributed by atoms with Crippen LogP contribution in [-0.4, -0.2) is 9.97 Å². The van der Waals surface area contributed by atoms with E-state index in [1.54, 1.807) is 12.4 Å². The number of nitrogens with zero attached hydrogens (tertiary/aromatic N) is 2. The zero-order chi connectivity index (χ0) is 12.2. The van der Waals surface area contributed by atoms with Crippen LogP contribution in [0.25, 0.3) is 22.3 Å². The third-order valence-corrected chi connectivity index (χ3v) is 2.87. The molecule has 0 bridgehead atoms. The smallest absolute Gasteiger partial charge is 0.0346 e. The first kappa shape index (κ1) is 10.7. The Labute approximate surface area is 106 Å². The van der Waals surface area contributed by atoms with E-state index >= 15 is 0 Å². The van der Waals surface area contributed by atoms with Crippen LogP contribution in [0, 0.1) is 0 Å². The van der Waals surface area contributed by atoms with E-state index in [9.17, 15) is 0 Å². The molecule has 0 saturated heterocycles. The minimum Gasteiger partial charge on any atom is -0.264 e. The van der Waals surface area contributed by atoms with Crippen LogP contribution >= 0.6 is 0 Å². The van der Waals surface area contributed by atoms with Crippen LogP contribution in [0.5, 0.6) is 0 Å². The predicted molar refractivity (Wildman–Crippen MR) is 72.9 cm³/mol. The maximum atomic E-state index is 4.13. The number of hydrogen-bond donors (Lipinski definition) is 0. The van der Waals surface area contributed by atoms with Crippen molar-refractivity contribution in [3.8, 4) is 22.3 Å². The van der Waals surface area contributed by atoms with E-state index in [0.29, 0.717) is 0 Å². The summed E-state index contributed by atoms with van der Waals surface area (Å²) in [6.07, 6.45) is 7.32. The molecule has 0 aliphatic rings. The van der Waals surface area contributed by atoms with Crippen LogP contribution in [0.15, 0.2) is 73.3 Å². The highest BCUT2D eigenvalue weighted by atomic mass is 14.6. The molecule has 2 heteroatoms. The fraction of sp³-hybridized carbons (Fsp3) is 0. The molecule has 3 rings (SSSR count). The highest BCUT2D eigenvalue weighted by Crippen LogP contribution is 2.23. The summed E-state index contributed by atoms with van der Waals surface area (Å²) in [5, 5.41) is 0. The van der Waals surface area contributed by atoms with E-state index < -0.39 is 0 Å². The number of benzene rings is 1. The Balaban J connectivity index is 1.95. The molecule has 0 saturated carbocycles. The van der Waals surface area contributed by atoms with Gasteiger partial charge in [-0.05, 0) is 34.4 Å². The Morgan fingerprint density at radius 1 is 0.500 bits per heavy atom. The van der Waals surface area contributed by atoms with Gasteiger partial charge in [-0.25, -0.2) is 0 Å². The van der Waals surface area contributed by atoms with Crippen molar-refractivity contribution in [1.82, 2.24) is 9.97 Å². The van der Waals surface area contributed by atoms with Crippen molar-refractivity contribution >= 4 is 0 Å². The van der Waals surface area contributed by atoms with Gasteiger partial charge in [0.05, 0.1) is 0 Å². The maximum Gasteiger partial charge on any atom is 0.0346 e. The van der Waals surface area contributed by atoms with Gasteiger partial charge in [0.25, 0.3) is 0 Å². The van der Waals surface area contributed by atoms with Gasteiger partial charge in [0.1, 0.15) is 0 Å². The molecule has 0 N–H and O–H groups in total. The largest absolute Gasteiger partial charge is 0.264 e. The van der Waals surface area contributed by atoms with E-state index in [4.69, 9.17) is 0 Å². The quantitative estimate of drug-likeness (QED) is 0.671. The summed E-state index contributed by atoms with van der Waals surface area (Å²) in [5.74, 6) is 0. The lowest BCUT2D eigenvalue weighted by atomic mass is 10.0. The average molecular weight is 232 g/mol. The first-order valence-electron chi connectivity index (χ1n) is 5.84. The average Bonchev–Trinajstić information content (AvgIpc) is 2.49. The van der Waals surface area contributed by atoms with Gasteiger partial charge in [0.2, 0.25) is 0 Å². The second kappa shape index (κ2) is 4.80. The molecule has 0 fully saturated rings. The van der Waals surface area contributed by atoms with Crippen LogP contribution in [0.2, 0.25) is 0 Å². The summed E-state index contributed by atoms with van der Waals surface area (Å²) in [6, 6.07) is 16.5. The molecular formula is C16H12N2. The molecule has 0 amide bonds. The topological polar surface area (TPSA) is 25.8 Å².